The van der Waals surface area contributed by atoms with E-state index in [1.807, 2.05) is 0 Å². The molecule has 1 unspecified atom stereocenters. The molecule has 0 saturated carbocycles. The van der Waals surface area contributed by atoms with Crippen LogP contribution in [-0.2, 0) is 11.0 Å². The van der Waals surface area contributed by atoms with Crippen molar-refractivity contribution in [1.82, 2.24) is 15.3 Å². The maximum atomic E-state index is 13.4. The lowest BCUT2D eigenvalue weighted by molar-refractivity contribution is -0.137. The Hall–Kier alpha value is -2.88. The summed E-state index contributed by atoms with van der Waals surface area (Å²) in [4.78, 5) is 19.2. The van der Waals surface area contributed by atoms with Gasteiger partial charge in [0.25, 0.3) is 0 Å². The molecule has 7 nitrogen and oxygen atoms in total. The van der Waals surface area contributed by atoms with Gasteiger partial charge in [-0.3, -0.25) is 4.79 Å². The van der Waals surface area contributed by atoms with E-state index in [9.17, 15) is 18.0 Å². The van der Waals surface area contributed by atoms with Gasteiger partial charge in [-0.25, -0.2) is 4.98 Å². The van der Waals surface area contributed by atoms with Crippen LogP contribution in [-0.4, -0.2) is 35.0 Å². The summed E-state index contributed by atoms with van der Waals surface area (Å²) in [5, 5.41) is 11.6. The third kappa shape index (κ3) is 5.10. The topological polar surface area (TPSA) is 91.0 Å². The minimum atomic E-state index is -4.63. The van der Waals surface area contributed by atoms with Crippen molar-refractivity contribution in [2.45, 2.75) is 32.0 Å². The number of alkyl halides is 3. The standard InChI is InChI=1S/C18H21F3N6O/c1-11(28)24-14-6-2-3-7-15(14)26-16-13(18(19,20)21)10-23-17(27-16)25-12-5-4-8-22-9-12/h2-3,6-7,10,12,22H,4-5,8-9H2,1H3,(H,24,28)(H2,23,25,26,27). The summed E-state index contributed by atoms with van der Waals surface area (Å²) in [6.45, 7) is 2.93. The van der Waals surface area contributed by atoms with Crippen molar-refractivity contribution >= 4 is 29.0 Å². The second-order valence-corrected chi connectivity index (χ2v) is 6.49. The number of hydrogen-bond acceptors (Lipinski definition) is 6. The monoisotopic (exact) mass is 394 g/mol. The first-order valence-corrected chi connectivity index (χ1v) is 8.88. The number of aromatic nitrogens is 2. The Bertz CT molecular complexity index is 836. The van der Waals surface area contributed by atoms with E-state index in [0.717, 1.165) is 25.6 Å². The van der Waals surface area contributed by atoms with Crippen molar-refractivity contribution in [2.75, 3.05) is 29.0 Å². The normalized spacial score (nSPS) is 17.1. The summed E-state index contributed by atoms with van der Waals surface area (Å²) in [6.07, 6.45) is -2.02. The summed E-state index contributed by atoms with van der Waals surface area (Å²) in [6, 6.07) is 6.51. The van der Waals surface area contributed by atoms with Crippen LogP contribution < -0.4 is 21.3 Å². The number of anilines is 4. The lowest BCUT2D eigenvalue weighted by Gasteiger charge is -2.24. The van der Waals surface area contributed by atoms with Crippen LogP contribution in [0.2, 0.25) is 0 Å². The minimum Gasteiger partial charge on any atom is -0.350 e. The van der Waals surface area contributed by atoms with Gasteiger partial charge in [-0.05, 0) is 31.5 Å². The number of para-hydroxylation sites is 2. The first kappa shape index (κ1) is 19.9. The zero-order chi connectivity index (χ0) is 20.1. The average molecular weight is 394 g/mol. The van der Waals surface area contributed by atoms with E-state index in [2.05, 4.69) is 31.2 Å². The number of amides is 1. The van der Waals surface area contributed by atoms with Gasteiger partial charge >= 0.3 is 6.18 Å². The SMILES string of the molecule is CC(=O)Nc1ccccc1Nc1nc(NC2CCCNC2)ncc1C(F)(F)F. The quantitative estimate of drug-likeness (QED) is 0.622. The molecule has 3 rings (SSSR count). The summed E-state index contributed by atoms with van der Waals surface area (Å²) < 4.78 is 40.3. The Labute approximate surface area is 160 Å². The number of rotatable bonds is 5. The number of carbonyl (C=O) groups is 1. The highest BCUT2D eigenvalue weighted by Crippen LogP contribution is 2.36. The second-order valence-electron chi connectivity index (χ2n) is 6.49. The molecule has 2 heterocycles. The Balaban J connectivity index is 1.91. The molecule has 1 aliphatic heterocycles. The van der Waals surface area contributed by atoms with Crippen LogP contribution in [0.25, 0.3) is 0 Å². The lowest BCUT2D eigenvalue weighted by Crippen LogP contribution is -2.38. The Morgan fingerprint density at radius 2 is 2.00 bits per heavy atom. The molecule has 0 spiro atoms. The van der Waals surface area contributed by atoms with E-state index in [4.69, 9.17) is 0 Å². The zero-order valence-corrected chi connectivity index (χ0v) is 15.2. The van der Waals surface area contributed by atoms with Crippen LogP contribution in [0.3, 0.4) is 0 Å². The van der Waals surface area contributed by atoms with Crippen molar-refractivity contribution < 1.29 is 18.0 Å². The number of benzene rings is 1. The van der Waals surface area contributed by atoms with Crippen LogP contribution in [0, 0.1) is 0 Å². The molecule has 1 aromatic carbocycles. The molecule has 2 aromatic rings. The molecule has 1 aliphatic rings. The van der Waals surface area contributed by atoms with Gasteiger partial charge in [0.2, 0.25) is 11.9 Å². The molecule has 10 heteroatoms. The van der Waals surface area contributed by atoms with E-state index in [0.29, 0.717) is 17.9 Å². The van der Waals surface area contributed by atoms with E-state index in [1.165, 1.54) is 6.92 Å². The van der Waals surface area contributed by atoms with Gasteiger partial charge in [0.15, 0.2) is 0 Å². The van der Waals surface area contributed by atoms with Gasteiger partial charge in [-0.2, -0.15) is 18.2 Å². The van der Waals surface area contributed by atoms with Crippen molar-refractivity contribution in [1.29, 1.82) is 0 Å². The molecule has 0 aliphatic carbocycles. The molecule has 28 heavy (non-hydrogen) atoms. The van der Waals surface area contributed by atoms with Crippen LogP contribution in [0.5, 0.6) is 0 Å². The molecule has 1 fully saturated rings. The van der Waals surface area contributed by atoms with E-state index < -0.39 is 11.7 Å². The summed E-state index contributed by atoms with van der Waals surface area (Å²) in [5.74, 6) is -0.604. The average Bonchev–Trinajstić information content (AvgIpc) is 2.63. The van der Waals surface area contributed by atoms with Crippen molar-refractivity contribution in [3.05, 3.63) is 36.0 Å². The molecule has 0 bridgehead atoms. The largest absolute Gasteiger partial charge is 0.421 e. The molecular formula is C18H21F3N6O. The maximum Gasteiger partial charge on any atom is 0.421 e. The lowest BCUT2D eigenvalue weighted by atomic mass is 10.1. The summed E-state index contributed by atoms with van der Waals surface area (Å²) in [5.41, 5.74) is -0.336. The molecular weight excluding hydrogens is 373 g/mol. The predicted molar refractivity (Wildman–Crippen MR) is 101 cm³/mol. The fourth-order valence-corrected chi connectivity index (χ4v) is 2.93. The van der Waals surface area contributed by atoms with Gasteiger partial charge in [-0.15, -0.1) is 0 Å². The molecule has 1 amide bonds. The number of nitrogens with one attached hydrogen (secondary N) is 4. The van der Waals surface area contributed by atoms with Crippen LogP contribution in [0.1, 0.15) is 25.3 Å². The molecule has 0 radical (unpaired) electrons. The van der Waals surface area contributed by atoms with Crippen LogP contribution in [0.15, 0.2) is 30.5 Å². The van der Waals surface area contributed by atoms with E-state index >= 15 is 0 Å². The number of piperidine rings is 1. The van der Waals surface area contributed by atoms with Crippen molar-refractivity contribution in [2.24, 2.45) is 0 Å². The third-order valence-corrected chi connectivity index (χ3v) is 4.22. The minimum absolute atomic E-state index is 0.0463. The van der Waals surface area contributed by atoms with Gasteiger partial charge < -0.3 is 21.3 Å². The first-order valence-electron chi connectivity index (χ1n) is 8.88. The van der Waals surface area contributed by atoms with Gasteiger partial charge in [0, 0.05) is 25.7 Å². The van der Waals surface area contributed by atoms with Crippen molar-refractivity contribution in [3.8, 4) is 0 Å². The van der Waals surface area contributed by atoms with Crippen LogP contribution in [0.4, 0.5) is 36.3 Å². The zero-order valence-electron chi connectivity index (χ0n) is 15.2. The Morgan fingerprint density at radius 3 is 2.64 bits per heavy atom. The number of halogens is 3. The van der Waals surface area contributed by atoms with Crippen LogP contribution >= 0.6 is 0 Å². The third-order valence-electron chi connectivity index (χ3n) is 4.22. The smallest absolute Gasteiger partial charge is 0.350 e. The number of carbonyl (C=O) groups excluding carboxylic acids is 1. The summed E-state index contributed by atoms with van der Waals surface area (Å²) in [7, 11) is 0. The number of hydrogen-bond donors (Lipinski definition) is 4. The highest BCUT2D eigenvalue weighted by atomic mass is 19.4. The second kappa shape index (κ2) is 8.42. The van der Waals surface area contributed by atoms with E-state index in [1.54, 1.807) is 24.3 Å². The van der Waals surface area contributed by atoms with Gasteiger partial charge in [-0.1, -0.05) is 12.1 Å². The number of nitrogens with zero attached hydrogens (tertiary/aromatic N) is 2. The fraction of sp³-hybridized carbons (Fsp3) is 0.389. The molecule has 150 valence electrons. The molecule has 1 saturated heterocycles. The molecule has 4 N–H and O–H groups in total. The molecule has 1 aromatic heterocycles. The van der Waals surface area contributed by atoms with E-state index in [-0.39, 0.29) is 23.7 Å². The van der Waals surface area contributed by atoms with Crippen molar-refractivity contribution in [3.63, 3.8) is 0 Å². The fourth-order valence-electron chi connectivity index (χ4n) is 2.93. The highest BCUT2D eigenvalue weighted by molar-refractivity contribution is 5.93. The highest BCUT2D eigenvalue weighted by Gasteiger charge is 2.35. The first-order chi connectivity index (χ1) is 13.3. The predicted octanol–water partition coefficient (Wildman–Crippen LogP) is 3.36. The Kier molecular flexibility index (Phi) is 5.98. The summed E-state index contributed by atoms with van der Waals surface area (Å²) >= 11 is 0. The maximum absolute atomic E-state index is 13.4. The van der Waals surface area contributed by atoms with Gasteiger partial charge in [0.1, 0.15) is 11.4 Å². The van der Waals surface area contributed by atoms with Gasteiger partial charge in [0.05, 0.1) is 11.4 Å². The molecule has 1 atom stereocenters. The Morgan fingerprint density at radius 1 is 1.25 bits per heavy atom.